The van der Waals surface area contributed by atoms with Gasteiger partial charge in [-0.1, -0.05) is 12.1 Å². The van der Waals surface area contributed by atoms with E-state index in [9.17, 15) is 22.4 Å². The first-order chi connectivity index (χ1) is 13.8. The van der Waals surface area contributed by atoms with Crippen LogP contribution in [0, 0.1) is 5.82 Å². The minimum Gasteiger partial charge on any atom is -0.328 e. The molecule has 1 aliphatic carbocycles. The maximum Gasteiger partial charge on any atom is 0.271 e. The van der Waals surface area contributed by atoms with Gasteiger partial charge in [0, 0.05) is 23.2 Å². The molecule has 5 rings (SSSR count). The van der Waals surface area contributed by atoms with Gasteiger partial charge < -0.3 is 4.57 Å². The van der Waals surface area contributed by atoms with Crippen molar-refractivity contribution in [2.45, 2.75) is 23.8 Å². The fraction of sp³-hybridized carbons (Fsp3) is 0.200. The number of rotatable bonds is 3. The van der Waals surface area contributed by atoms with Crippen molar-refractivity contribution in [2.75, 3.05) is 6.26 Å². The molecule has 0 saturated heterocycles. The van der Waals surface area contributed by atoms with Crippen LogP contribution in [0.1, 0.15) is 18.9 Å². The molecule has 0 unspecified atom stereocenters. The van der Waals surface area contributed by atoms with Crippen LogP contribution in [-0.4, -0.2) is 23.6 Å². The highest BCUT2D eigenvalue weighted by molar-refractivity contribution is 7.90. The number of fused-ring (bicyclic) bond motifs is 2. The summed E-state index contributed by atoms with van der Waals surface area (Å²) in [6.07, 6.45) is 2.96. The Labute approximate surface area is 168 Å². The Morgan fingerprint density at radius 1 is 1.14 bits per heavy atom. The molecule has 1 N–H and O–H groups in total. The first-order valence-electron chi connectivity index (χ1n) is 8.95. The maximum atomic E-state index is 14.9. The highest BCUT2D eigenvalue weighted by Crippen LogP contribution is 2.40. The number of H-pyrrole nitrogens is 1. The van der Waals surface area contributed by atoms with Crippen molar-refractivity contribution in [3.63, 3.8) is 0 Å². The van der Waals surface area contributed by atoms with Crippen molar-refractivity contribution in [2.24, 2.45) is 0 Å². The molecule has 2 aromatic heterocycles. The van der Waals surface area contributed by atoms with Gasteiger partial charge in [-0.3, -0.25) is 14.0 Å². The highest BCUT2D eigenvalue weighted by Gasteiger charge is 2.29. The Morgan fingerprint density at radius 3 is 2.45 bits per heavy atom. The molecule has 0 aliphatic heterocycles. The zero-order valence-electron chi connectivity index (χ0n) is 15.2. The molecule has 2 aromatic carbocycles. The molecule has 4 aromatic rings. The van der Waals surface area contributed by atoms with Gasteiger partial charge in [0.15, 0.2) is 9.84 Å². The van der Waals surface area contributed by atoms with Crippen molar-refractivity contribution in [1.29, 1.82) is 0 Å². The predicted molar refractivity (Wildman–Crippen MR) is 111 cm³/mol. The van der Waals surface area contributed by atoms with Gasteiger partial charge in [-0.2, -0.15) is 0 Å². The topological polar surface area (TPSA) is 89.0 Å². The second kappa shape index (κ2) is 6.11. The summed E-state index contributed by atoms with van der Waals surface area (Å²) in [5.41, 5.74) is 0.422. The Hall–Kier alpha value is -2.78. The molecule has 0 radical (unpaired) electrons. The second-order valence-corrected chi connectivity index (χ2v) is 10.1. The molecular formula is C20H15FN2O4S2. The van der Waals surface area contributed by atoms with Crippen LogP contribution >= 0.6 is 11.5 Å². The van der Waals surface area contributed by atoms with Crippen LogP contribution in [0.15, 0.2) is 50.9 Å². The zero-order chi connectivity index (χ0) is 20.5. The number of halogens is 1. The van der Waals surface area contributed by atoms with E-state index in [4.69, 9.17) is 0 Å². The van der Waals surface area contributed by atoms with E-state index in [0.717, 1.165) is 30.6 Å². The van der Waals surface area contributed by atoms with Gasteiger partial charge in [0.2, 0.25) is 5.43 Å². The number of nitrogens with one attached hydrogen (secondary N) is 1. The third-order valence-electron chi connectivity index (χ3n) is 5.22. The summed E-state index contributed by atoms with van der Waals surface area (Å²) in [7, 11) is -3.35. The molecular weight excluding hydrogens is 415 g/mol. The van der Waals surface area contributed by atoms with Gasteiger partial charge in [-0.05, 0) is 54.2 Å². The van der Waals surface area contributed by atoms with E-state index in [1.807, 2.05) is 4.57 Å². The number of hydrogen-bond acceptors (Lipinski definition) is 5. The molecule has 1 aliphatic rings. The van der Waals surface area contributed by atoms with Crippen LogP contribution in [0.3, 0.4) is 0 Å². The van der Waals surface area contributed by atoms with Crippen molar-refractivity contribution in [3.05, 3.63) is 62.8 Å². The Kier molecular flexibility index (Phi) is 3.85. The smallest absolute Gasteiger partial charge is 0.271 e. The van der Waals surface area contributed by atoms with E-state index in [2.05, 4.69) is 4.37 Å². The molecule has 6 nitrogen and oxygen atoms in total. The third kappa shape index (κ3) is 2.84. The zero-order valence-corrected chi connectivity index (χ0v) is 16.9. The number of aromatic amines is 1. The van der Waals surface area contributed by atoms with Crippen LogP contribution in [-0.2, 0) is 9.84 Å². The van der Waals surface area contributed by atoms with Crippen molar-refractivity contribution < 1.29 is 12.8 Å². The largest absolute Gasteiger partial charge is 0.328 e. The van der Waals surface area contributed by atoms with E-state index < -0.39 is 26.6 Å². The normalized spacial score (nSPS) is 14.7. The molecule has 2 heterocycles. The fourth-order valence-electron chi connectivity index (χ4n) is 3.65. The Morgan fingerprint density at radius 2 is 1.83 bits per heavy atom. The number of nitrogens with zero attached hydrogens (tertiary/aromatic N) is 1. The number of aromatic nitrogens is 2. The van der Waals surface area contributed by atoms with E-state index >= 15 is 0 Å². The van der Waals surface area contributed by atoms with Crippen LogP contribution < -0.4 is 11.0 Å². The molecule has 148 valence electrons. The van der Waals surface area contributed by atoms with Crippen molar-refractivity contribution in [1.82, 2.24) is 8.94 Å². The molecule has 1 fully saturated rings. The summed E-state index contributed by atoms with van der Waals surface area (Å²) in [6.45, 7) is 0. The van der Waals surface area contributed by atoms with E-state index in [1.54, 1.807) is 18.2 Å². The first-order valence-corrected chi connectivity index (χ1v) is 11.7. The minimum atomic E-state index is -3.35. The van der Waals surface area contributed by atoms with E-state index in [0.29, 0.717) is 15.9 Å². The molecule has 29 heavy (non-hydrogen) atoms. The van der Waals surface area contributed by atoms with Crippen LogP contribution in [0.5, 0.6) is 0 Å². The van der Waals surface area contributed by atoms with Crippen LogP contribution in [0.25, 0.3) is 32.2 Å². The number of benzene rings is 2. The maximum absolute atomic E-state index is 14.9. The summed E-state index contributed by atoms with van der Waals surface area (Å²) < 4.78 is 42.9. The monoisotopic (exact) mass is 430 g/mol. The standard InChI is InChI=1S/C20H15FN2O4S2/c1-29(26,27)12-6-2-10(3-7-12)13-9-16-14(8-15(13)21)18(24)17-19(25)22-28-20(17)23(16)11-4-5-11/h2-3,6-9,11H,4-5H2,1H3,(H,22,25). The lowest BCUT2D eigenvalue weighted by atomic mass is 10.0. The summed E-state index contributed by atoms with van der Waals surface area (Å²) in [5, 5.41) is 0.237. The quantitative estimate of drug-likeness (QED) is 0.539. The molecule has 1 saturated carbocycles. The van der Waals surface area contributed by atoms with Gasteiger partial charge in [0.25, 0.3) is 5.56 Å². The summed E-state index contributed by atoms with van der Waals surface area (Å²) in [5.74, 6) is -0.602. The molecule has 0 spiro atoms. The predicted octanol–water partition coefficient (Wildman–Crippen LogP) is 3.45. The van der Waals surface area contributed by atoms with Gasteiger partial charge in [-0.15, -0.1) is 0 Å². The van der Waals surface area contributed by atoms with Gasteiger partial charge in [0.1, 0.15) is 16.0 Å². The molecule has 9 heteroatoms. The lowest BCUT2D eigenvalue weighted by molar-refractivity contribution is 0.602. The Balaban J connectivity index is 1.82. The fourth-order valence-corrected chi connectivity index (χ4v) is 5.20. The van der Waals surface area contributed by atoms with Crippen LogP contribution in [0.2, 0.25) is 0 Å². The minimum absolute atomic E-state index is 0.0686. The average molecular weight is 430 g/mol. The SMILES string of the molecule is CS(=O)(=O)c1ccc(-c2cc3c(cc2F)c(=O)c2c(=O)[nH]sc2n3C2CC2)cc1. The van der Waals surface area contributed by atoms with Gasteiger partial charge >= 0.3 is 0 Å². The van der Waals surface area contributed by atoms with Gasteiger partial charge in [0.05, 0.1) is 10.4 Å². The van der Waals surface area contributed by atoms with Crippen LogP contribution in [0.4, 0.5) is 4.39 Å². The average Bonchev–Trinajstić information content (AvgIpc) is 3.43. The molecule has 0 bridgehead atoms. The third-order valence-corrected chi connectivity index (χ3v) is 7.23. The second-order valence-electron chi connectivity index (χ2n) is 7.29. The number of pyridine rings is 1. The van der Waals surface area contributed by atoms with E-state index in [1.165, 1.54) is 18.2 Å². The molecule has 0 amide bonds. The highest BCUT2D eigenvalue weighted by atomic mass is 32.2. The number of sulfone groups is 1. The summed E-state index contributed by atoms with van der Waals surface area (Å²) >= 11 is 1.11. The van der Waals surface area contributed by atoms with E-state index in [-0.39, 0.29) is 27.3 Å². The first kappa shape index (κ1) is 18.3. The van der Waals surface area contributed by atoms with Crippen molar-refractivity contribution >= 4 is 42.5 Å². The molecule has 0 atom stereocenters. The lowest BCUT2D eigenvalue weighted by Crippen LogP contribution is -2.15. The van der Waals surface area contributed by atoms with Gasteiger partial charge in [-0.25, -0.2) is 12.8 Å². The summed E-state index contributed by atoms with van der Waals surface area (Å²) in [4.78, 5) is 25.7. The lowest BCUT2D eigenvalue weighted by Gasteiger charge is -2.13. The Bertz CT molecular complexity index is 1530. The summed E-state index contributed by atoms with van der Waals surface area (Å²) in [6, 6.07) is 8.92. The number of hydrogen-bond donors (Lipinski definition) is 1. The van der Waals surface area contributed by atoms with Crippen molar-refractivity contribution in [3.8, 4) is 11.1 Å².